The summed E-state index contributed by atoms with van der Waals surface area (Å²) in [6.07, 6.45) is 2.90. The van der Waals surface area contributed by atoms with Gasteiger partial charge in [0.25, 0.3) is 0 Å². The number of tetrazole rings is 1. The van der Waals surface area contributed by atoms with Crippen LogP contribution < -0.4 is 0 Å². The third-order valence-electron chi connectivity index (χ3n) is 2.88. The summed E-state index contributed by atoms with van der Waals surface area (Å²) in [5.41, 5.74) is -0.0626. The van der Waals surface area contributed by atoms with Crippen molar-refractivity contribution < 1.29 is 5.11 Å². The first-order valence-corrected chi connectivity index (χ1v) is 5.35. The van der Waals surface area contributed by atoms with Gasteiger partial charge in [-0.15, -0.1) is 10.2 Å². The molecular formula is C10H18N4O. The fourth-order valence-electron chi connectivity index (χ4n) is 1.50. The Balaban J connectivity index is 2.08. The Bertz CT molecular complexity index is 349. The highest BCUT2D eigenvalue weighted by molar-refractivity contribution is 5.00. The van der Waals surface area contributed by atoms with Crippen LogP contribution in [0.3, 0.4) is 0 Å². The van der Waals surface area contributed by atoms with E-state index >= 15 is 0 Å². The van der Waals surface area contributed by atoms with E-state index in [2.05, 4.69) is 15.4 Å². The highest BCUT2D eigenvalue weighted by Crippen LogP contribution is 2.47. The molecule has 1 aromatic rings. The summed E-state index contributed by atoms with van der Waals surface area (Å²) in [5, 5.41) is 21.6. The lowest BCUT2D eigenvalue weighted by Gasteiger charge is -2.15. The Labute approximate surface area is 89.5 Å². The minimum atomic E-state index is -0.124. The Hall–Kier alpha value is -0.970. The highest BCUT2D eigenvalue weighted by Gasteiger charge is 2.43. The van der Waals surface area contributed by atoms with Gasteiger partial charge in [-0.3, -0.25) is 0 Å². The Morgan fingerprint density at radius 2 is 2.07 bits per heavy atom. The molecule has 1 aromatic heterocycles. The fraction of sp³-hybridized carbons (Fsp3) is 0.900. The topological polar surface area (TPSA) is 63.8 Å². The van der Waals surface area contributed by atoms with E-state index in [-0.39, 0.29) is 17.6 Å². The van der Waals surface area contributed by atoms with Gasteiger partial charge < -0.3 is 5.11 Å². The first-order valence-electron chi connectivity index (χ1n) is 5.35. The molecule has 1 aliphatic carbocycles. The molecule has 0 aliphatic heterocycles. The zero-order chi connectivity index (χ0) is 11.1. The number of aromatic nitrogens is 4. The lowest BCUT2D eigenvalue weighted by molar-refractivity contribution is 0.208. The van der Waals surface area contributed by atoms with E-state index in [0.29, 0.717) is 0 Å². The van der Waals surface area contributed by atoms with Crippen molar-refractivity contribution in [2.75, 3.05) is 6.61 Å². The monoisotopic (exact) mass is 210 g/mol. The van der Waals surface area contributed by atoms with Gasteiger partial charge in [-0.1, -0.05) is 0 Å². The van der Waals surface area contributed by atoms with Crippen LogP contribution in [0.25, 0.3) is 0 Å². The molecule has 1 aliphatic rings. The number of hydrogen-bond donors (Lipinski definition) is 1. The summed E-state index contributed by atoms with van der Waals surface area (Å²) in [6, 6.07) is 0. The van der Waals surface area contributed by atoms with Gasteiger partial charge in [-0.25, -0.2) is 0 Å². The standard InChI is InChI=1S/C10H18N4O/c1-9(2,3)14-12-8(11-13-14)6-10(7-15)4-5-10/h15H,4-7H2,1-3H3. The van der Waals surface area contributed by atoms with E-state index < -0.39 is 0 Å². The zero-order valence-corrected chi connectivity index (χ0v) is 9.56. The maximum absolute atomic E-state index is 9.20. The van der Waals surface area contributed by atoms with E-state index in [9.17, 15) is 5.11 Å². The van der Waals surface area contributed by atoms with E-state index in [1.54, 1.807) is 4.80 Å². The van der Waals surface area contributed by atoms with Gasteiger partial charge in [0.2, 0.25) is 0 Å². The number of aliphatic hydroxyl groups excluding tert-OH is 1. The molecule has 1 heterocycles. The molecular weight excluding hydrogens is 192 g/mol. The summed E-state index contributed by atoms with van der Waals surface area (Å²) in [5.74, 6) is 0.747. The molecule has 5 nitrogen and oxygen atoms in total. The summed E-state index contributed by atoms with van der Waals surface area (Å²) in [6.45, 7) is 6.35. The molecule has 1 fully saturated rings. The van der Waals surface area contributed by atoms with Crippen LogP contribution in [0.5, 0.6) is 0 Å². The SMILES string of the molecule is CC(C)(C)n1nnc(CC2(CO)CC2)n1. The van der Waals surface area contributed by atoms with Crippen LogP contribution in [-0.2, 0) is 12.0 Å². The molecule has 1 saturated carbocycles. The van der Waals surface area contributed by atoms with Crippen molar-refractivity contribution in [1.29, 1.82) is 0 Å². The van der Waals surface area contributed by atoms with Crippen molar-refractivity contribution in [3.05, 3.63) is 5.82 Å². The first kappa shape index (κ1) is 10.5. The van der Waals surface area contributed by atoms with Crippen molar-refractivity contribution in [1.82, 2.24) is 20.2 Å². The van der Waals surface area contributed by atoms with Crippen LogP contribution >= 0.6 is 0 Å². The highest BCUT2D eigenvalue weighted by atomic mass is 16.3. The molecule has 0 unspecified atom stereocenters. The molecule has 0 radical (unpaired) electrons. The maximum Gasteiger partial charge on any atom is 0.175 e. The van der Waals surface area contributed by atoms with Crippen LogP contribution in [0.4, 0.5) is 0 Å². The molecule has 2 rings (SSSR count). The molecule has 84 valence electrons. The molecule has 0 amide bonds. The van der Waals surface area contributed by atoms with E-state index in [4.69, 9.17) is 0 Å². The quantitative estimate of drug-likeness (QED) is 0.799. The van der Waals surface area contributed by atoms with Gasteiger partial charge in [0.1, 0.15) is 0 Å². The van der Waals surface area contributed by atoms with Gasteiger partial charge in [0.05, 0.1) is 5.54 Å². The number of aliphatic hydroxyl groups is 1. The molecule has 0 bridgehead atoms. The van der Waals surface area contributed by atoms with E-state index in [0.717, 1.165) is 25.1 Å². The second-order valence-electron chi connectivity index (χ2n) is 5.50. The smallest absolute Gasteiger partial charge is 0.175 e. The lowest BCUT2D eigenvalue weighted by atomic mass is 10.0. The fourth-order valence-corrected chi connectivity index (χ4v) is 1.50. The second kappa shape index (κ2) is 3.27. The average Bonchev–Trinajstić information content (AvgIpc) is 2.73. The van der Waals surface area contributed by atoms with Crippen molar-refractivity contribution in [2.45, 2.75) is 45.6 Å². The summed E-state index contributed by atoms with van der Waals surface area (Å²) >= 11 is 0. The third-order valence-corrected chi connectivity index (χ3v) is 2.88. The number of nitrogens with zero attached hydrogens (tertiary/aromatic N) is 4. The van der Waals surface area contributed by atoms with E-state index in [1.165, 1.54) is 0 Å². The van der Waals surface area contributed by atoms with Crippen molar-refractivity contribution in [3.8, 4) is 0 Å². The van der Waals surface area contributed by atoms with Crippen LogP contribution in [0.15, 0.2) is 0 Å². The molecule has 0 atom stereocenters. The van der Waals surface area contributed by atoms with Crippen LogP contribution in [0, 0.1) is 5.41 Å². The number of rotatable bonds is 3. The Kier molecular flexibility index (Phi) is 2.30. The molecule has 0 spiro atoms. The molecule has 0 aromatic carbocycles. The van der Waals surface area contributed by atoms with Crippen LogP contribution in [0.1, 0.15) is 39.4 Å². The normalized spacial score (nSPS) is 19.2. The predicted octanol–water partition coefficient (Wildman–Crippen LogP) is 0.743. The predicted molar refractivity (Wildman–Crippen MR) is 55.3 cm³/mol. The molecule has 15 heavy (non-hydrogen) atoms. The minimum absolute atomic E-state index is 0.0613. The van der Waals surface area contributed by atoms with Crippen LogP contribution in [-0.4, -0.2) is 31.9 Å². The van der Waals surface area contributed by atoms with Gasteiger partial charge in [-0.2, -0.15) is 4.80 Å². The van der Waals surface area contributed by atoms with Crippen molar-refractivity contribution >= 4 is 0 Å². The van der Waals surface area contributed by atoms with Gasteiger partial charge in [0.15, 0.2) is 5.82 Å². The Morgan fingerprint density at radius 1 is 1.40 bits per heavy atom. The van der Waals surface area contributed by atoms with Gasteiger partial charge >= 0.3 is 0 Å². The summed E-state index contributed by atoms with van der Waals surface area (Å²) < 4.78 is 0. The maximum atomic E-state index is 9.20. The Morgan fingerprint density at radius 3 is 2.47 bits per heavy atom. The van der Waals surface area contributed by atoms with Crippen molar-refractivity contribution in [2.24, 2.45) is 5.41 Å². The van der Waals surface area contributed by atoms with Crippen LogP contribution in [0.2, 0.25) is 0 Å². The zero-order valence-electron chi connectivity index (χ0n) is 9.56. The summed E-state index contributed by atoms with van der Waals surface area (Å²) in [4.78, 5) is 1.63. The lowest BCUT2D eigenvalue weighted by Crippen LogP contribution is -2.25. The molecule has 0 saturated heterocycles. The number of hydrogen-bond acceptors (Lipinski definition) is 4. The molecule has 5 heteroatoms. The first-order chi connectivity index (χ1) is 6.95. The molecule has 1 N–H and O–H groups in total. The van der Waals surface area contributed by atoms with Crippen molar-refractivity contribution in [3.63, 3.8) is 0 Å². The third kappa shape index (κ3) is 2.17. The largest absolute Gasteiger partial charge is 0.396 e. The minimum Gasteiger partial charge on any atom is -0.396 e. The van der Waals surface area contributed by atoms with Gasteiger partial charge in [-0.05, 0) is 38.8 Å². The van der Waals surface area contributed by atoms with E-state index in [1.807, 2.05) is 20.8 Å². The van der Waals surface area contributed by atoms with Gasteiger partial charge in [0, 0.05) is 18.4 Å². The second-order valence-corrected chi connectivity index (χ2v) is 5.50. The average molecular weight is 210 g/mol. The summed E-state index contributed by atoms with van der Waals surface area (Å²) in [7, 11) is 0.